The van der Waals surface area contributed by atoms with E-state index in [0.717, 1.165) is 11.6 Å². The molecule has 1 aliphatic heterocycles. The first-order valence-corrected chi connectivity index (χ1v) is 6.73. The molecule has 0 saturated carbocycles. The van der Waals surface area contributed by atoms with Gasteiger partial charge in [-0.2, -0.15) is 0 Å². The summed E-state index contributed by atoms with van der Waals surface area (Å²) < 4.78 is 0. The number of hydrogen-bond acceptors (Lipinski definition) is 2. The zero-order chi connectivity index (χ0) is 11.7. The van der Waals surface area contributed by atoms with Crippen LogP contribution in [0.5, 0.6) is 0 Å². The number of carbonyl (C=O) groups is 1. The number of amides is 1. The Hall–Kier alpha value is -0.960. The lowest BCUT2D eigenvalue weighted by Gasteiger charge is -2.21. The third-order valence-corrected chi connectivity index (χ3v) is 3.74. The van der Waals surface area contributed by atoms with Crippen LogP contribution in [0.4, 0.5) is 5.69 Å². The van der Waals surface area contributed by atoms with E-state index < -0.39 is 0 Å². The first kappa shape index (κ1) is 11.5. The topological polar surface area (TPSA) is 20.3 Å². The number of rotatable bonds is 2. The predicted octanol–water partition coefficient (Wildman–Crippen LogP) is 3.16. The van der Waals surface area contributed by atoms with Crippen LogP contribution in [0, 0.1) is 6.92 Å². The molecule has 1 aromatic rings. The number of nitrogens with zero attached hydrogens (tertiary/aromatic N) is 1. The highest BCUT2D eigenvalue weighted by atomic mass is 32.2. The molecular weight excluding hydrogens is 218 g/mol. The van der Waals surface area contributed by atoms with Crippen molar-refractivity contribution in [3.05, 3.63) is 29.3 Å². The largest absolute Gasteiger partial charge is 0.302 e. The molecule has 0 unspecified atom stereocenters. The summed E-state index contributed by atoms with van der Waals surface area (Å²) in [5.74, 6) is 2.10. The van der Waals surface area contributed by atoms with E-state index in [0.29, 0.717) is 11.7 Å². The third kappa shape index (κ3) is 2.09. The van der Waals surface area contributed by atoms with Crippen LogP contribution >= 0.6 is 11.8 Å². The smallest absolute Gasteiger partial charge is 0.237 e. The van der Waals surface area contributed by atoms with Crippen LogP contribution < -0.4 is 4.90 Å². The van der Waals surface area contributed by atoms with Crippen molar-refractivity contribution in [3.63, 3.8) is 0 Å². The Balaban J connectivity index is 2.44. The van der Waals surface area contributed by atoms with Gasteiger partial charge in [0, 0.05) is 5.69 Å². The summed E-state index contributed by atoms with van der Waals surface area (Å²) in [6.07, 6.45) is 0. The van der Waals surface area contributed by atoms with Crippen LogP contribution in [0.3, 0.4) is 0 Å². The van der Waals surface area contributed by atoms with Crippen molar-refractivity contribution < 1.29 is 4.79 Å². The molecule has 86 valence electrons. The fraction of sp³-hybridized carbons (Fsp3) is 0.462. The highest BCUT2D eigenvalue weighted by Crippen LogP contribution is 2.32. The second-order valence-electron chi connectivity index (χ2n) is 4.52. The Bertz CT molecular complexity index is 414. The molecule has 2 nitrogen and oxygen atoms in total. The average molecular weight is 235 g/mol. The Kier molecular flexibility index (Phi) is 3.24. The van der Waals surface area contributed by atoms with E-state index in [4.69, 9.17) is 0 Å². The van der Waals surface area contributed by atoms with E-state index in [2.05, 4.69) is 39.0 Å². The minimum Gasteiger partial charge on any atom is -0.302 e. The standard InChI is InChI=1S/C13H17NOS/c1-9(2)11-5-4-10(3)6-12(11)14-8-16-7-13(14)15/h4-6,9H,7-8H2,1-3H3. The Morgan fingerprint density at radius 2 is 2.12 bits per heavy atom. The number of anilines is 1. The SMILES string of the molecule is Cc1ccc(C(C)C)c(N2CSCC2=O)c1. The van der Waals surface area contributed by atoms with Gasteiger partial charge >= 0.3 is 0 Å². The summed E-state index contributed by atoms with van der Waals surface area (Å²) in [4.78, 5) is 13.7. The van der Waals surface area contributed by atoms with Gasteiger partial charge in [-0.15, -0.1) is 11.8 Å². The van der Waals surface area contributed by atoms with Gasteiger partial charge in [0.05, 0.1) is 11.6 Å². The van der Waals surface area contributed by atoms with Crippen LogP contribution in [0.15, 0.2) is 18.2 Å². The fourth-order valence-corrected chi connectivity index (χ4v) is 2.84. The lowest BCUT2D eigenvalue weighted by molar-refractivity contribution is -0.115. The van der Waals surface area contributed by atoms with Gasteiger partial charge in [0.25, 0.3) is 0 Å². The number of benzene rings is 1. The first-order valence-electron chi connectivity index (χ1n) is 5.58. The van der Waals surface area contributed by atoms with E-state index in [-0.39, 0.29) is 5.91 Å². The molecule has 1 heterocycles. The summed E-state index contributed by atoms with van der Waals surface area (Å²) in [5, 5.41) is 0. The number of thioether (sulfide) groups is 1. The molecular formula is C13H17NOS. The lowest BCUT2D eigenvalue weighted by Crippen LogP contribution is -2.26. The molecule has 0 N–H and O–H groups in total. The average Bonchev–Trinajstić information content (AvgIpc) is 2.63. The number of hydrogen-bond donors (Lipinski definition) is 0. The highest BCUT2D eigenvalue weighted by Gasteiger charge is 2.24. The molecule has 3 heteroatoms. The van der Waals surface area contributed by atoms with Crippen LogP contribution in [0.1, 0.15) is 30.9 Å². The van der Waals surface area contributed by atoms with Gasteiger partial charge in [0.1, 0.15) is 0 Å². The summed E-state index contributed by atoms with van der Waals surface area (Å²) in [6, 6.07) is 6.39. The zero-order valence-corrected chi connectivity index (χ0v) is 10.8. The van der Waals surface area contributed by atoms with E-state index in [1.807, 2.05) is 4.90 Å². The van der Waals surface area contributed by atoms with Crippen LogP contribution in [-0.4, -0.2) is 17.5 Å². The maximum absolute atomic E-state index is 11.8. The molecule has 1 fully saturated rings. The van der Waals surface area contributed by atoms with Crippen molar-refractivity contribution in [3.8, 4) is 0 Å². The predicted molar refractivity (Wildman–Crippen MR) is 70.1 cm³/mol. The quantitative estimate of drug-likeness (QED) is 0.785. The van der Waals surface area contributed by atoms with E-state index in [1.54, 1.807) is 11.8 Å². The number of aryl methyl sites for hydroxylation is 1. The summed E-state index contributed by atoms with van der Waals surface area (Å²) in [6.45, 7) is 6.41. The van der Waals surface area contributed by atoms with Crippen LogP contribution in [0.2, 0.25) is 0 Å². The lowest BCUT2D eigenvalue weighted by atomic mass is 9.99. The van der Waals surface area contributed by atoms with E-state index in [9.17, 15) is 4.79 Å². The van der Waals surface area contributed by atoms with Gasteiger partial charge < -0.3 is 4.90 Å². The molecule has 0 bridgehead atoms. The molecule has 0 atom stereocenters. The molecule has 16 heavy (non-hydrogen) atoms. The summed E-state index contributed by atoms with van der Waals surface area (Å²) in [7, 11) is 0. The van der Waals surface area contributed by atoms with Crippen molar-refractivity contribution in [2.24, 2.45) is 0 Å². The fourth-order valence-electron chi connectivity index (χ4n) is 1.95. The van der Waals surface area contributed by atoms with Gasteiger partial charge in [0.2, 0.25) is 5.91 Å². The maximum atomic E-state index is 11.8. The van der Waals surface area contributed by atoms with E-state index in [1.165, 1.54) is 11.1 Å². The second-order valence-corrected chi connectivity index (χ2v) is 5.47. The molecule has 2 rings (SSSR count). The summed E-state index contributed by atoms with van der Waals surface area (Å²) in [5.41, 5.74) is 3.58. The molecule has 1 aromatic carbocycles. The van der Waals surface area contributed by atoms with Crippen molar-refractivity contribution in [1.29, 1.82) is 0 Å². The monoisotopic (exact) mass is 235 g/mol. The van der Waals surface area contributed by atoms with Gasteiger partial charge in [-0.05, 0) is 30.0 Å². The van der Waals surface area contributed by atoms with Gasteiger partial charge in [-0.1, -0.05) is 26.0 Å². The third-order valence-electron chi connectivity index (χ3n) is 2.85. The molecule has 0 aromatic heterocycles. The zero-order valence-electron chi connectivity index (χ0n) is 9.99. The normalized spacial score (nSPS) is 16.2. The number of carbonyl (C=O) groups excluding carboxylic acids is 1. The molecule has 0 spiro atoms. The van der Waals surface area contributed by atoms with Gasteiger partial charge in [0.15, 0.2) is 0 Å². The Labute approximate surface area is 101 Å². The van der Waals surface area contributed by atoms with Gasteiger partial charge in [-0.3, -0.25) is 4.79 Å². The molecule has 1 saturated heterocycles. The second kappa shape index (κ2) is 4.50. The Morgan fingerprint density at radius 3 is 2.69 bits per heavy atom. The van der Waals surface area contributed by atoms with Crippen molar-refractivity contribution in [2.75, 3.05) is 16.5 Å². The van der Waals surface area contributed by atoms with Crippen molar-refractivity contribution in [2.45, 2.75) is 26.7 Å². The highest BCUT2D eigenvalue weighted by molar-refractivity contribution is 8.00. The van der Waals surface area contributed by atoms with Gasteiger partial charge in [-0.25, -0.2) is 0 Å². The van der Waals surface area contributed by atoms with E-state index >= 15 is 0 Å². The minimum atomic E-state index is 0.234. The molecule has 1 amide bonds. The van der Waals surface area contributed by atoms with Crippen LogP contribution in [-0.2, 0) is 4.79 Å². The van der Waals surface area contributed by atoms with Crippen molar-refractivity contribution in [1.82, 2.24) is 0 Å². The Morgan fingerprint density at radius 1 is 1.38 bits per heavy atom. The molecule has 1 aliphatic rings. The van der Waals surface area contributed by atoms with Crippen molar-refractivity contribution >= 4 is 23.4 Å². The summed E-state index contributed by atoms with van der Waals surface area (Å²) >= 11 is 1.69. The molecule has 0 aliphatic carbocycles. The minimum absolute atomic E-state index is 0.234. The maximum Gasteiger partial charge on any atom is 0.237 e. The van der Waals surface area contributed by atoms with Crippen LogP contribution in [0.25, 0.3) is 0 Å². The first-order chi connectivity index (χ1) is 7.59. The molecule has 0 radical (unpaired) electrons.